The molecule has 0 aliphatic heterocycles. The standard InChI is InChI=1S/C32H36Cl2FN3O6S/c1-4-28(32(40)36-22-8-5-6-9-22)37(19-25-26(33)10-7-11-27(25)34)31(39)20-38(23-14-12-21(35)13-15-23)45(41,42)24-16-17-29(43-2)30(18-24)44-3/h7,10-18,22,28H,4-6,8-9,19-20H2,1-3H3,(H,36,40)/t28-/m0/s1. The largest absolute Gasteiger partial charge is 0.493 e. The van der Waals surface area contributed by atoms with Crippen molar-refractivity contribution < 1.29 is 31.9 Å². The van der Waals surface area contributed by atoms with Gasteiger partial charge in [-0.05, 0) is 67.8 Å². The predicted molar refractivity (Wildman–Crippen MR) is 172 cm³/mol. The van der Waals surface area contributed by atoms with Crippen LogP contribution in [0.4, 0.5) is 10.1 Å². The van der Waals surface area contributed by atoms with E-state index in [1.165, 1.54) is 49.5 Å². The van der Waals surface area contributed by atoms with E-state index in [4.69, 9.17) is 32.7 Å². The summed E-state index contributed by atoms with van der Waals surface area (Å²) in [4.78, 5) is 29.0. The summed E-state index contributed by atoms with van der Waals surface area (Å²) in [6, 6.07) is 12.7. The summed E-state index contributed by atoms with van der Waals surface area (Å²) in [5, 5.41) is 3.64. The lowest BCUT2D eigenvalue weighted by Gasteiger charge is -2.34. The summed E-state index contributed by atoms with van der Waals surface area (Å²) < 4.78 is 53.7. The Labute approximate surface area is 273 Å². The molecule has 1 aliphatic rings. The van der Waals surface area contributed by atoms with E-state index in [-0.39, 0.29) is 41.2 Å². The topological polar surface area (TPSA) is 105 Å². The Hall–Kier alpha value is -3.54. The minimum Gasteiger partial charge on any atom is -0.493 e. The monoisotopic (exact) mass is 679 g/mol. The molecule has 1 saturated carbocycles. The Morgan fingerprint density at radius 1 is 0.978 bits per heavy atom. The van der Waals surface area contributed by atoms with Gasteiger partial charge in [0.15, 0.2) is 11.5 Å². The number of amides is 2. The van der Waals surface area contributed by atoms with E-state index < -0.39 is 34.3 Å². The number of halogens is 3. The summed E-state index contributed by atoms with van der Waals surface area (Å²) in [5.74, 6) is -1.15. The smallest absolute Gasteiger partial charge is 0.264 e. The molecule has 0 unspecified atom stereocenters. The van der Waals surface area contributed by atoms with Gasteiger partial charge in [-0.2, -0.15) is 0 Å². The molecule has 1 aliphatic carbocycles. The molecular weight excluding hydrogens is 644 g/mol. The molecule has 9 nitrogen and oxygen atoms in total. The summed E-state index contributed by atoms with van der Waals surface area (Å²) in [7, 11) is -1.65. The van der Waals surface area contributed by atoms with Crippen molar-refractivity contribution >= 4 is 50.7 Å². The number of methoxy groups -OCH3 is 2. The molecular formula is C32H36Cl2FN3O6S. The Kier molecular flexibility index (Phi) is 11.6. The van der Waals surface area contributed by atoms with Crippen LogP contribution in [0.5, 0.6) is 11.5 Å². The number of hydrogen-bond acceptors (Lipinski definition) is 6. The summed E-state index contributed by atoms with van der Waals surface area (Å²) in [6.45, 7) is 0.907. The number of nitrogens with zero attached hydrogens (tertiary/aromatic N) is 2. The first kappa shape index (κ1) is 34.3. The van der Waals surface area contributed by atoms with Crippen molar-refractivity contribution in [3.63, 3.8) is 0 Å². The Balaban J connectivity index is 1.77. The van der Waals surface area contributed by atoms with Crippen LogP contribution in [0.15, 0.2) is 65.6 Å². The minimum absolute atomic E-state index is 0.00597. The molecule has 1 N–H and O–H groups in total. The fourth-order valence-electron chi connectivity index (χ4n) is 5.38. The second kappa shape index (κ2) is 15.2. The van der Waals surface area contributed by atoms with Gasteiger partial charge in [-0.1, -0.05) is 49.0 Å². The first-order chi connectivity index (χ1) is 21.5. The van der Waals surface area contributed by atoms with Gasteiger partial charge in [0, 0.05) is 34.3 Å². The summed E-state index contributed by atoms with van der Waals surface area (Å²) in [5.41, 5.74) is 0.455. The lowest BCUT2D eigenvalue weighted by atomic mass is 10.1. The highest BCUT2D eigenvalue weighted by Crippen LogP contribution is 2.33. The van der Waals surface area contributed by atoms with Gasteiger partial charge in [0.1, 0.15) is 18.4 Å². The maximum Gasteiger partial charge on any atom is 0.264 e. The Morgan fingerprint density at radius 2 is 1.60 bits per heavy atom. The highest BCUT2D eigenvalue weighted by molar-refractivity contribution is 7.92. The van der Waals surface area contributed by atoms with E-state index in [1.807, 2.05) is 0 Å². The lowest BCUT2D eigenvalue weighted by molar-refractivity contribution is -0.140. The van der Waals surface area contributed by atoms with Crippen molar-refractivity contribution in [3.05, 3.63) is 82.1 Å². The van der Waals surface area contributed by atoms with Crippen molar-refractivity contribution in [1.29, 1.82) is 0 Å². The molecule has 0 radical (unpaired) electrons. The molecule has 1 atom stereocenters. The molecule has 3 aromatic carbocycles. The molecule has 1 fully saturated rings. The molecule has 3 aromatic rings. The van der Waals surface area contributed by atoms with Gasteiger partial charge >= 0.3 is 0 Å². The van der Waals surface area contributed by atoms with Gasteiger partial charge in [-0.3, -0.25) is 13.9 Å². The van der Waals surface area contributed by atoms with Crippen LogP contribution < -0.4 is 19.1 Å². The van der Waals surface area contributed by atoms with Crippen LogP contribution in [0.1, 0.15) is 44.6 Å². The number of carbonyl (C=O) groups excluding carboxylic acids is 2. The predicted octanol–water partition coefficient (Wildman–Crippen LogP) is 6.21. The zero-order valence-electron chi connectivity index (χ0n) is 25.3. The first-order valence-electron chi connectivity index (χ1n) is 14.5. The van der Waals surface area contributed by atoms with Gasteiger partial charge in [-0.25, -0.2) is 12.8 Å². The first-order valence-corrected chi connectivity index (χ1v) is 16.7. The molecule has 13 heteroatoms. The molecule has 0 spiro atoms. The molecule has 2 amide bonds. The van der Waals surface area contributed by atoms with Gasteiger partial charge in [0.25, 0.3) is 10.0 Å². The maximum atomic E-state index is 14.3. The average Bonchev–Trinajstić information content (AvgIpc) is 3.54. The van der Waals surface area contributed by atoms with Gasteiger partial charge in [0.05, 0.1) is 24.8 Å². The number of anilines is 1. The van der Waals surface area contributed by atoms with E-state index in [0.717, 1.165) is 42.1 Å². The van der Waals surface area contributed by atoms with E-state index in [1.54, 1.807) is 25.1 Å². The van der Waals surface area contributed by atoms with Crippen LogP contribution in [0, 0.1) is 5.82 Å². The second-order valence-corrected chi connectivity index (χ2v) is 13.3. The fourth-order valence-corrected chi connectivity index (χ4v) is 7.33. The average molecular weight is 681 g/mol. The van der Waals surface area contributed by atoms with E-state index in [0.29, 0.717) is 21.4 Å². The fraction of sp³-hybridized carbons (Fsp3) is 0.375. The van der Waals surface area contributed by atoms with Crippen molar-refractivity contribution in [2.45, 2.75) is 62.6 Å². The molecule has 4 rings (SSSR count). The third-order valence-corrected chi connectivity index (χ3v) is 10.3. The molecule has 0 saturated heterocycles. The van der Waals surface area contributed by atoms with Crippen LogP contribution in [-0.4, -0.2) is 58.0 Å². The molecule has 0 heterocycles. The number of hydrogen-bond donors (Lipinski definition) is 1. The number of sulfonamides is 1. The van der Waals surface area contributed by atoms with Crippen molar-refractivity contribution in [2.75, 3.05) is 25.1 Å². The number of carbonyl (C=O) groups is 2. The number of ether oxygens (including phenoxy) is 2. The Bertz CT molecular complexity index is 1600. The van der Waals surface area contributed by atoms with Gasteiger partial charge < -0.3 is 19.7 Å². The second-order valence-electron chi connectivity index (χ2n) is 10.6. The third-order valence-electron chi connectivity index (χ3n) is 7.81. The Morgan fingerprint density at radius 3 is 2.18 bits per heavy atom. The van der Waals surface area contributed by atoms with Crippen LogP contribution in [0.2, 0.25) is 10.0 Å². The number of nitrogens with one attached hydrogen (secondary N) is 1. The molecule has 0 bridgehead atoms. The number of rotatable bonds is 13. The van der Waals surface area contributed by atoms with Crippen LogP contribution in [-0.2, 0) is 26.2 Å². The zero-order chi connectivity index (χ0) is 32.7. The molecule has 45 heavy (non-hydrogen) atoms. The molecule has 242 valence electrons. The van der Waals surface area contributed by atoms with Gasteiger partial charge in [-0.15, -0.1) is 0 Å². The summed E-state index contributed by atoms with van der Waals surface area (Å²) in [6.07, 6.45) is 3.93. The van der Waals surface area contributed by atoms with Crippen molar-refractivity contribution in [2.24, 2.45) is 0 Å². The quantitative estimate of drug-likeness (QED) is 0.230. The maximum absolute atomic E-state index is 14.3. The minimum atomic E-state index is -4.44. The lowest BCUT2D eigenvalue weighted by Crippen LogP contribution is -2.53. The van der Waals surface area contributed by atoms with Crippen molar-refractivity contribution in [3.8, 4) is 11.5 Å². The highest BCUT2D eigenvalue weighted by atomic mass is 35.5. The molecule has 0 aromatic heterocycles. The van der Waals surface area contributed by atoms with Crippen LogP contribution >= 0.6 is 23.2 Å². The van der Waals surface area contributed by atoms with E-state index in [2.05, 4.69) is 5.32 Å². The third kappa shape index (κ3) is 8.01. The zero-order valence-corrected chi connectivity index (χ0v) is 27.6. The SMILES string of the molecule is CC[C@@H](C(=O)NC1CCCC1)N(Cc1c(Cl)cccc1Cl)C(=O)CN(c1ccc(F)cc1)S(=O)(=O)c1ccc(OC)c(OC)c1. The van der Waals surface area contributed by atoms with Crippen molar-refractivity contribution in [1.82, 2.24) is 10.2 Å². The summed E-state index contributed by atoms with van der Waals surface area (Å²) >= 11 is 13.0. The highest BCUT2D eigenvalue weighted by Gasteiger charge is 2.35. The van der Waals surface area contributed by atoms with Crippen LogP contribution in [0.25, 0.3) is 0 Å². The van der Waals surface area contributed by atoms with E-state index in [9.17, 15) is 22.4 Å². The van der Waals surface area contributed by atoms with E-state index >= 15 is 0 Å². The number of benzene rings is 3. The normalized spacial score (nSPS) is 14.1. The van der Waals surface area contributed by atoms with Gasteiger partial charge in [0.2, 0.25) is 11.8 Å². The van der Waals surface area contributed by atoms with Crippen LogP contribution in [0.3, 0.4) is 0 Å².